The van der Waals surface area contributed by atoms with Crippen molar-refractivity contribution in [3.05, 3.63) is 29.0 Å². The van der Waals surface area contributed by atoms with Crippen molar-refractivity contribution in [2.45, 2.75) is 6.92 Å². The number of hydrogen-bond donors (Lipinski definition) is 1. The molecule has 2 heterocycles. The van der Waals surface area contributed by atoms with Crippen LogP contribution >= 0.6 is 11.3 Å². The van der Waals surface area contributed by atoms with Crippen LogP contribution < -0.4 is 5.73 Å². The molecule has 2 N–H and O–H groups in total. The average molecular weight is 209 g/mol. The summed E-state index contributed by atoms with van der Waals surface area (Å²) < 4.78 is 12.6. The van der Waals surface area contributed by atoms with E-state index in [4.69, 9.17) is 5.73 Å². The fourth-order valence-corrected chi connectivity index (χ4v) is 1.87. The number of aromatic nitrogens is 2. The summed E-state index contributed by atoms with van der Waals surface area (Å²) in [6, 6.07) is 2.95. The van der Waals surface area contributed by atoms with Crippen LogP contribution in [0.1, 0.15) is 4.88 Å². The molecule has 0 aliphatic heterocycles. The molecule has 0 spiro atoms. The van der Waals surface area contributed by atoms with Crippen molar-refractivity contribution >= 4 is 16.5 Å². The van der Waals surface area contributed by atoms with Crippen LogP contribution in [0, 0.1) is 12.7 Å². The van der Waals surface area contributed by atoms with Gasteiger partial charge in [0, 0.05) is 4.88 Å². The zero-order chi connectivity index (χ0) is 10.1. The largest absolute Gasteiger partial charge is 0.375 e. The van der Waals surface area contributed by atoms with Gasteiger partial charge in [-0.2, -0.15) is 0 Å². The number of nitrogen functional groups attached to an aromatic ring is 1. The molecule has 0 bridgehead atoms. The number of anilines is 1. The van der Waals surface area contributed by atoms with E-state index in [1.165, 1.54) is 23.6 Å². The molecule has 0 saturated heterocycles. The molecule has 0 radical (unpaired) electrons. The first-order valence-electron chi connectivity index (χ1n) is 4.01. The van der Waals surface area contributed by atoms with E-state index < -0.39 is 0 Å². The maximum absolute atomic E-state index is 12.6. The lowest BCUT2D eigenvalue weighted by atomic mass is 10.2. The molecule has 3 nitrogen and oxygen atoms in total. The molecule has 0 fully saturated rings. The highest BCUT2D eigenvalue weighted by Gasteiger charge is 2.08. The molecule has 0 atom stereocenters. The quantitative estimate of drug-likeness (QED) is 0.783. The molecular formula is C9H8FN3S. The van der Waals surface area contributed by atoms with Crippen LogP contribution in [0.2, 0.25) is 0 Å². The lowest BCUT2D eigenvalue weighted by Gasteiger charge is -1.96. The van der Waals surface area contributed by atoms with E-state index in [0.29, 0.717) is 10.8 Å². The van der Waals surface area contributed by atoms with Crippen molar-refractivity contribution in [2.75, 3.05) is 5.73 Å². The third kappa shape index (κ3) is 1.58. The predicted octanol–water partition coefficient (Wildman–Crippen LogP) is 2.23. The van der Waals surface area contributed by atoms with E-state index in [1.807, 2.05) is 6.92 Å². The monoisotopic (exact) mass is 209 g/mol. The number of aryl methyl sites for hydroxylation is 1. The normalized spacial score (nSPS) is 10.4. The highest BCUT2D eigenvalue weighted by Crippen LogP contribution is 2.27. The molecule has 0 aliphatic carbocycles. The molecule has 72 valence electrons. The molecule has 5 heteroatoms. The Bertz CT molecular complexity index is 450. The molecule has 14 heavy (non-hydrogen) atoms. The highest BCUT2D eigenvalue weighted by atomic mass is 32.1. The van der Waals surface area contributed by atoms with Gasteiger partial charge in [0.1, 0.15) is 11.5 Å². The van der Waals surface area contributed by atoms with E-state index >= 15 is 0 Å². The number of pyridine rings is 1. The molecule has 0 aliphatic rings. The van der Waals surface area contributed by atoms with Crippen molar-refractivity contribution in [2.24, 2.45) is 0 Å². The van der Waals surface area contributed by atoms with Crippen LogP contribution in [0.15, 0.2) is 18.3 Å². The molecule has 2 aromatic rings. The van der Waals surface area contributed by atoms with Gasteiger partial charge in [-0.3, -0.25) is 4.98 Å². The van der Waals surface area contributed by atoms with Crippen LogP contribution in [-0.4, -0.2) is 9.97 Å². The van der Waals surface area contributed by atoms with E-state index in [1.54, 1.807) is 6.07 Å². The number of rotatable bonds is 1. The van der Waals surface area contributed by atoms with Gasteiger partial charge < -0.3 is 5.73 Å². The topological polar surface area (TPSA) is 51.8 Å². The first kappa shape index (κ1) is 9.08. The molecule has 0 unspecified atom stereocenters. The van der Waals surface area contributed by atoms with Gasteiger partial charge in [0.15, 0.2) is 5.13 Å². The Kier molecular flexibility index (Phi) is 2.17. The van der Waals surface area contributed by atoms with Gasteiger partial charge in [0.25, 0.3) is 0 Å². The summed E-state index contributed by atoms with van der Waals surface area (Å²) in [5.74, 6) is -0.352. The van der Waals surface area contributed by atoms with Gasteiger partial charge in [-0.1, -0.05) is 0 Å². The van der Waals surface area contributed by atoms with E-state index in [9.17, 15) is 4.39 Å². The molecule has 2 rings (SSSR count). The second-order valence-corrected chi connectivity index (χ2v) is 4.05. The number of halogens is 1. The molecular weight excluding hydrogens is 201 g/mol. The summed E-state index contributed by atoms with van der Waals surface area (Å²) in [5.41, 5.74) is 6.93. The third-order valence-electron chi connectivity index (χ3n) is 1.78. The molecule has 2 aromatic heterocycles. The van der Waals surface area contributed by atoms with E-state index in [0.717, 1.165) is 10.6 Å². The van der Waals surface area contributed by atoms with Crippen LogP contribution in [0.25, 0.3) is 11.4 Å². The van der Waals surface area contributed by atoms with Crippen molar-refractivity contribution < 1.29 is 4.39 Å². The van der Waals surface area contributed by atoms with Gasteiger partial charge in [0.2, 0.25) is 0 Å². The summed E-state index contributed by atoms with van der Waals surface area (Å²) in [4.78, 5) is 9.05. The van der Waals surface area contributed by atoms with Crippen LogP contribution in [0.3, 0.4) is 0 Å². The van der Waals surface area contributed by atoms with Gasteiger partial charge in [-0.15, -0.1) is 11.3 Å². The minimum Gasteiger partial charge on any atom is -0.375 e. The number of thiazole rings is 1. The Hall–Kier alpha value is -1.49. The zero-order valence-electron chi connectivity index (χ0n) is 7.49. The minimum absolute atomic E-state index is 0.352. The number of nitrogens with zero attached hydrogens (tertiary/aromatic N) is 2. The first-order chi connectivity index (χ1) is 6.66. The maximum Gasteiger partial charge on any atom is 0.180 e. The summed E-state index contributed by atoms with van der Waals surface area (Å²) in [5, 5.41) is 0.503. The highest BCUT2D eigenvalue weighted by molar-refractivity contribution is 7.15. The summed E-state index contributed by atoms with van der Waals surface area (Å²) in [7, 11) is 0. The average Bonchev–Trinajstić information content (AvgIpc) is 2.47. The minimum atomic E-state index is -0.352. The Morgan fingerprint density at radius 3 is 2.71 bits per heavy atom. The number of nitrogens with two attached hydrogens (primary N) is 1. The summed E-state index contributed by atoms with van der Waals surface area (Å²) in [6.07, 6.45) is 1.17. The van der Waals surface area contributed by atoms with Gasteiger partial charge in [0.05, 0.1) is 11.9 Å². The summed E-state index contributed by atoms with van der Waals surface area (Å²) >= 11 is 1.40. The standard InChI is InChI=1S/C9H8FN3S/c1-5-8(13-9(11)14-5)7-3-2-6(10)4-12-7/h2-4H,1H3,(H2,11,13). The lowest BCUT2D eigenvalue weighted by Crippen LogP contribution is -1.87. The molecule has 0 aromatic carbocycles. The van der Waals surface area contributed by atoms with Crippen LogP contribution in [0.4, 0.5) is 9.52 Å². The van der Waals surface area contributed by atoms with Gasteiger partial charge in [-0.05, 0) is 19.1 Å². The molecule has 0 amide bonds. The molecule has 0 saturated carbocycles. The summed E-state index contributed by atoms with van der Waals surface area (Å²) in [6.45, 7) is 1.91. The predicted molar refractivity (Wildman–Crippen MR) is 54.5 cm³/mol. The first-order valence-corrected chi connectivity index (χ1v) is 4.83. The Labute approximate surface area is 84.4 Å². The van der Waals surface area contributed by atoms with Crippen molar-refractivity contribution in [3.8, 4) is 11.4 Å². The van der Waals surface area contributed by atoms with E-state index in [-0.39, 0.29) is 5.82 Å². The van der Waals surface area contributed by atoms with Gasteiger partial charge >= 0.3 is 0 Å². The van der Waals surface area contributed by atoms with Crippen LogP contribution in [-0.2, 0) is 0 Å². The van der Waals surface area contributed by atoms with Crippen LogP contribution in [0.5, 0.6) is 0 Å². The Balaban J connectivity index is 2.49. The number of hydrogen-bond acceptors (Lipinski definition) is 4. The SMILES string of the molecule is Cc1sc(N)nc1-c1ccc(F)cn1. The van der Waals surface area contributed by atoms with Gasteiger partial charge in [-0.25, -0.2) is 9.37 Å². The fraction of sp³-hybridized carbons (Fsp3) is 0.111. The van der Waals surface area contributed by atoms with E-state index in [2.05, 4.69) is 9.97 Å². The van der Waals surface area contributed by atoms with Crippen molar-refractivity contribution in [1.29, 1.82) is 0 Å². The van der Waals surface area contributed by atoms with Crippen molar-refractivity contribution in [3.63, 3.8) is 0 Å². The Morgan fingerprint density at radius 1 is 1.43 bits per heavy atom. The lowest BCUT2D eigenvalue weighted by molar-refractivity contribution is 0.622. The maximum atomic E-state index is 12.6. The fourth-order valence-electron chi connectivity index (χ4n) is 1.17. The van der Waals surface area contributed by atoms with Crippen molar-refractivity contribution in [1.82, 2.24) is 9.97 Å². The Morgan fingerprint density at radius 2 is 2.21 bits per heavy atom. The second-order valence-electron chi connectivity index (χ2n) is 2.82. The zero-order valence-corrected chi connectivity index (χ0v) is 8.31. The third-order valence-corrected chi connectivity index (χ3v) is 2.58. The second kappa shape index (κ2) is 3.34. The smallest absolute Gasteiger partial charge is 0.180 e.